The van der Waals surface area contributed by atoms with Crippen molar-refractivity contribution in [1.82, 2.24) is 9.80 Å². The van der Waals surface area contributed by atoms with Crippen molar-refractivity contribution in [3.63, 3.8) is 0 Å². The van der Waals surface area contributed by atoms with Gasteiger partial charge in [0.15, 0.2) is 11.5 Å². The Labute approximate surface area is 211 Å². The van der Waals surface area contributed by atoms with Gasteiger partial charge in [-0.2, -0.15) is 0 Å². The molecule has 1 unspecified atom stereocenters. The number of nitrogens with zero attached hydrogens (tertiary/aromatic N) is 2. The number of benzene rings is 1. The van der Waals surface area contributed by atoms with E-state index in [2.05, 4.69) is 0 Å². The Balaban J connectivity index is 2.12. The number of amides is 2. The zero-order valence-electron chi connectivity index (χ0n) is 20.4. The van der Waals surface area contributed by atoms with Crippen LogP contribution in [0.4, 0.5) is 0 Å². The van der Waals surface area contributed by atoms with Crippen LogP contribution in [0.25, 0.3) is 0 Å². The highest BCUT2D eigenvalue weighted by atomic mass is 35.5. The van der Waals surface area contributed by atoms with E-state index in [-0.39, 0.29) is 18.4 Å². The summed E-state index contributed by atoms with van der Waals surface area (Å²) in [6.07, 6.45) is 1.29. The fourth-order valence-electron chi connectivity index (χ4n) is 3.47. The van der Waals surface area contributed by atoms with Crippen molar-refractivity contribution in [2.45, 2.75) is 38.6 Å². The van der Waals surface area contributed by atoms with Crippen LogP contribution < -0.4 is 9.47 Å². The molecule has 0 aliphatic heterocycles. The van der Waals surface area contributed by atoms with Gasteiger partial charge in [0.05, 0.1) is 27.3 Å². The summed E-state index contributed by atoms with van der Waals surface area (Å²) in [6, 6.07) is 9.72. The second-order valence-electron chi connectivity index (χ2n) is 7.76. The maximum absolute atomic E-state index is 13.4. The van der Waals surface area contributed by atoms with E-state index in [1.807, 2.05) is 42.6 Å². The molecule has 0 radical (unpaired) electrons. The molecule has 9 heteroatoms. The summed E-state index contributed by atoms with van der Waals surface area (Å²) in [4.78, 5) is 30.4. The van der Waals surface area contributed by atoms with Gasteiger partial charge in [0.1, 0.15) is 5.38 Å². The number of alkyl halides is 1. The molecule has 0 fully saturated rings. The maximum atomic E-state index is 13.4. The first-order chi connectivity index (χ1) is 16.4. The number of rotatable bonds is 15. The molecule has 0 saturated heterocycles. The number of carbonyl (C=O) groups excluding carboxylic acids is 2. The Bertz CT molecular complexity index is 891. The normalized spacial score (nSPS) is 11.7. The van der Waals surface area contributed by atoms with Crippen LogP contribution in [0.3, 0.4) is 0 Å². The topological polar surface area (TPSA) is 68.3 Å². The second kappa shape index (κ2) is 14.9. The lowest BCUT2D eigenvalue weighted by Gasteiger charge is -2.28. The predicted molar refractivity (Wildman–Crippen MR) is 136 cm³/mol. The molecule has 188 valence electrons. The summed E-state index contributed by atoms with van der Waals surface area (Å²) < 4.78 is 16.1. The minimum Gasteiger partial charge on any atom is -0.493 e. The van der Waals surface area contributed by atoms with Crippen LogP contribution in [0.1, 0.15) is 30.7 Å². The zero-order valence-corrected chi connectivity index (χ0v) is 22.0. The molecule has 7 nitrogen and oxygen atoms in total. The highest BCUT2D eigenvalue weighted by Crippen LogP contribution is 2.28. The summed E-state index contributed by atoms with van der Waals surface area (Å²) in [6.45, 7) is 6.10. The quantitative estimate of drug-likeness (QED) is 0.265. The molecule has 0 aliphatic carbocycles. The van der Waals surface area contributed by atoms with Crippen molar-refractivity contribution in [3.05, 3.63) is 46.2 Å². The monoisotopic (exact) mass is 510 g/mol. The van der Waals surface area contributed by atoms with Gasteiger partial charge in [0, 0.05) is 31.2 Å². The van der Waals surface area contributed by atoms with E-state index in [4.69, 9.17) is 25.8 Å². The summed E-state index contributed by atoms with van der Waals surface area (Å²) >= 11 is 7.67. The van der Waals surface area contributed by atoms with Gasteiger partial charge in [0.2, 0.25) is 11.8 Å². The predicted octanol–water partition coefficient (Wildman–Crippen LogP) is 4.22. The van der Waals surface area contributed by atoms with Gasteiger partial charge in [-0.3, -0.25) is 9.59 Å². The van der Waals surface area contributed by atoms with E-state index in [0.29, 0.717) is 57.2 Å². The van der Waals surface area contributed by atoms with Crippen LogP contribution in [0.5, 0.6) is 11.5 Å². The second-order valence-corrected chi connectivity index (χ2v) is 9.45. The van der Waals surface area contributed by atoms with Gasteiger partial charge in [0.25, 0.3) is 0 Å². The average Bonchev–Trinajstić information content (AvgIpc) is 3.35. The molecule has 1 aromatic heterocycles. The third-order valence-electron chi connectivity index (χ3n) is 5.30. The third kappa shape index (κ3) is 8.81. The maximum Gasteiger partial charge on any atom is 0.242 e. The fourth-order valence-corrected chi connectivity index (χ4v) is 4.32. The number of halogens is 1. The van der Waals surface area contributed by atoms with E-state index in [9.17, 15) is 9.59 Å². The Morgan fingerprint density at radius 2 is 1.85 bits per heavy atom. The molecule has 1 atom stereocenters. The molecule has 2 aromatic rings. The van der Waals surface area contributed by atoms with E-state index >= 15 is 0 Å². The highest BCUT2D eigenvalue weighted by molar-refractivity contribution is 7.09. The van der Waals surface area contributed by atoms with Crippen LogP contribution >= 0.6 is 22.9 Å². The Morgan fingerprint density at radius 1 is 1.09 bits per heavy atom. The third-order valence-corrected chi connectivity index (χ3v) is 6.34. The first-order valence-corrected chi connectivity index (χ1v) is 12.7. The number of methoxy groups -OCH3 is 2. The molecule has 0 N–H and O–H groups in total. The molecule has 0 bridgehead atoms. The zero-order chi connectivity index (χ0) is 24.9. The number of hydrogen-bond donors (Lipinski definition) is 0. The van der Waals surface area contributed by atoms with Gasteiger partial charge >= 0.3 is 0 Å². The van der Waals surface area contributed by atoms with Crippen LogP contribution in [0.15, 0.2) is 35.7 Å². The number of hydrogen-bond acceptors (Lipinski definition) is 6. The lowest BCUT2D eigenvalue weighted by molar-refractivity contribution is -0.140. The van der Waals surface area contributed by atoms with Gasteiger partial charge < -0.3 is 24.0 Å². The van der Waals surface area contributed by atoms with Crippen LogP contribution in [0.2, 0.25) is 0 Å². The first-order valence-electron chi connectivity index (χ1n) is 11.4. The van der Waals surface area contributed by atoms with E-state index < -0.39 is 5.38 Å². The molecule has 34 heavy (non-hydrogen) atoms. The number of thiophene rings is 1. The molecule has 1 aromatic carbocycles. The summed E-state index contributed by atoms with van der Waals surface area (Å²) in [5.41, 5.74) is 1.03. The molecular formula is C25H35ClN2O5S. The molecular weight excluding hydrogens is 476 g/mol. The molecule has 0 spiro atoms. The van der Waals surface area contributed by atoms with Crippen LogP contribution in [-0.4, -0.2) is 74.1 Å². The molecule has 1 heterocycles. The van der Waals surface area contributed by atoms with Crippen molar-refractivity contribution in [2.24, 2.45) is 0 Å². The number of ether oxygens (including phenoxy) is 3. The molecule has 2 amide bonds. The van der Waals surface area contributed by atoms with Crippen LogP contribution in [0, 0.1) is 0 Å². The largest absolute Gasteiger partial charge is 0.493 e. The van der Waals surface area contributed by atoms with Crippen molar-refractivity contribution >= 4 is 34.8 Å². The minimum atomic E-state index is -0.697. The van der Waals surface area contributed by atoms with Crippen molar-refractivity contribution in [2.75, 3.05) is 47.1 Å². The smallest absolute Gasteiger partial charge is 0.242 e. The van der Waals surface area contributed by atoms with Gasteiger partial charge in [-0.15, -0.1) is 22.9 Å². The summed E-state index contributed by atoms with van der Waals surface area (Å²) in [5, 5.41) is 1.29. The Morgan fingerprint density at radius 3 is 2.47 bits per heavy atom. The molecule has 0 aliphatic rings. The number of carbonyl (C=O) groups is 2. The summed E-state index contributed by atoms with van der Waals surface area (Å²) in [7, 11) is 3.20. The standard InChI is InChI=1S/C25H35ClN2O5S/c1-5-33-14-7-12-28(25(30)19(2)26)18-24(29)27(17-21-8-6-15-34-21)13-11-20-9-10-22(31-3)23(16-20)32-4/h6,8-10,15-16,19H,5,7,11-14,17-18H2,1-4H3. The summed E-state index contributed by atoms with van der Waals surface area (Å²) in [5.74, 6) is 0.950. The lowest BCUT2D eigenvalue weighted by atomic mass is 10.1. The van der Waals surface area contributed by atoms with Crippen molar-refractivity contribution in [1.29, 1.82) is 0 Å². The van der Waals surface area contributed by atoms with E-state index in [1.165, 1.54) is 4.90 Å². The first kappa shape index (κ1) is 28.0. The van der Waals surface area contributed by atoms with Gasteiger partial charge in [-0.25, -0.2) is 0 Å². The minimum absolute atomic E-state index is 0.0146. The molecule has 0 saturated carbocycles. The van der Waals surface area contributed by atoms with Crippen molar-refractivity contribution in [3.8, 4) is 11.5 Å². The van der Waals surface area contributed by atoms with E-state index in [1.54, 1.807) is 37.4 Å². The van der Waals surface area contributed by atoms with Gasteiger partial charge in [-0.05, 0) is 55.8 Å². The SMILES string of the molecule is CCOCCCN(CC(=O)N(CCc1ccc(OC)c(OC)c1)Cc1cccs1)C(=O)C(C)Cl. The van der Waals surface area contributed by atoms with E-state index in [0.717, 1.165) is 10.4 Å². The average molecular weight is 511 g/mol. The highest BCUT2D eigenvalue weighted by Gasteiger charge is 2.24. The van der Waals surface area contributed by atoms with Crippen LogP contribution in [-0.2, 0) is 27.3 Å². The Kier molecular flexibility index (Phi) is 12.2. The fraction of sp³-hybridized carbons (Fsp3) is 0.520. The lowest BCUT2D eigenvalue weighted by Crippen LogP contribution is -2.45. The van der Waals surface area contributed by atoms with Gasteiger partial charge in [-0.1, -0.05) is 12.1 Å². The molecule has 2 rings (SSSR count). The Hall–Kier alpha value is -2.29. The van der Waals surface area contributed by atoms with Crippen molar-refractivity contribution < 1.29 is 23.8 Å².